The lowest BCUT2D eigenvalue weighted by Crippen LogP contribution is -2.31. The second-order valence-electron chi connectivity index (χ2n) is 6.06. The average Bonchev–Trinajstić information content (AvgIpc) is 3.02. The van der Waals surface area contributed by atoms with Gasteiger partial charge in [-0.05, 0) is 54.0 Å². The molecule has 1 amide bonds. The summed E-state index contributed by atoms with van der Waals surface area (Å²) in [5, 5.41) is 0. The fourth-order valence-corrected chi connectivity index (χ4v) is 3.29. The Morgan fingerprint density at radius 1 is 1.24 bits per heavy atom. The number of hydrogen-bond donors (Lipinski definition) is 0. The molecule has 0 bridgehead atoms. The first kappa shape index (κ1) is 17.7. The van der Waals surface area contributed by atoms with Crippen LogP contribution in [0, 0.1) is 13.8 Å². The number of methoxy groups -OCH3 is 1. The Hall–Kier alpha value is -2.15. The van der Waals surface area contributed by atoms with Crippen molar-refractivity contribution < 1.29 is 14.3 Å². The Morgan fingerprint density at radius 2 is 1.96 bits per heavy atom. The van der Waals surface area contributed by atoms with E-state index in [1.165, 1.54) is 0 Å². The highest BCUT2D eigenvalue weighted by Crippen LogP contribution is 2.26. The predicted octanol–water partition coefficient (Wildman–Crippen LogP) is 3.16. The number of aryl methyl sites for hydroxylation is 2. The molecule has 132 valence electrons. The van der Waals surface area contributed by atoms with Crippen molar-refractivity contribution in [2.24, 2.45) is 0 Å². The number of hydrogen-bond acceptors (Lipinski definition) is 5. The summed E-state index contributed by atoms with van der Waals surface area (Å²) in [5.74, 6) is 0.611. The number of carbonyl (C=O) groups is 1. The van der Waals surface area contributed by atoms with Crippen molar-refractivity contribution in [1.82, 2.24) is 14.9 Å². The lowest BCUT2D eigenvalue weighted by Gasteiger charge is -2.18. The molecule has 2 aromatic rings. The van der Waals surface area contributed by atoms with E-state index in [-0.39, 0.29) is 12.0 Å². The van der Waals surface area contributed by atoms with Gasteiger partial charge in [0.15, 0.2) is 0 Å². The van der Waals surface area contributed by atoms with Crippen molar-refractivity contribution in [3.63, 3.8) is 0 Å². The van der Waals surface area contributed by atoms with Crippen molar-refractivity contribution in [2.75, 3.05) is 20.2 Å². The predicted molar refractivity (Wildman–Crippen MR) is 97.1 cm³/mol. The minimum atomic E-state index is -0.102. The van der Waals surface area contributed by atoms with E-state index in [4.69, 9.17) is 9.47 Å². The number of likely N-dealkylation sites (tertiary alicyclic amines) is 1. The Balaban J connectivity index is 1.69. The van der Waals surface area contributed by atoms with Crippen LogP contribution in [-0.2, 0) is 0 Å². The van der Waals surface area contributed by atoms with Crippen LogP contribution in [0.4, 0.5) is 0 Å². The topological polar surface area (TPSA) is 64.5 Å². The minimum absolute atomic E-state index is 0.0433. The van der Waals surface area contributed by atoms with Gasteiger partial charge in [0.1, 0.15) is 11.9 Å². The van der Waals surface area contributed by atoms with Crippen molar-refractivity contribution in [2.45, 2.75) is 26.4 Å². The fourth-order valence-electron chi connectivity index (χ4n) is 2.87. The summed E-state index contributed by atoms with van der Waals surface area (Å²) in [6, 6.07) is 7.65. The lowest BCUT2D eigenvalue weighted by molar-refractivity contribution is 0.0768. The van der Waals surface area contributed by atoms with E-state index in [0.29, 0.717) is 30.4 Å². The molecule has 1 aromatic carbocycles. The van der Waals surface area contributed by atoms with Crippen LogP contribution >= 0.6 is 15.9 Å². The van der Waals surface area contributed by atoms with E-state index in [1.807, 2.05) is 32.0 Å². The number of rotatable bonds is 4. The molecule has 3 rings (SSSR count). The van der Waals surface area contributed by atoms with E-state index >= 15 is 0 Å². The van der Waals surface area contributed by atoms with Gasteiger partial charge in [-0.3, -0.25) is 4.79 Å². The molecule has 25 heavy (non-hydrogen) atoms. The number of nitrogens with zero attached hydrogens (tertiary/aromatic N) is 3. The van der Waals surface area contributed by atoms with Crippen molar-refractivity contribution >= 4 is 21.8 Å². The molecular weight excluding hydrogens is 386 g/mol. The summed E-state index contributed by atoms with van der Waals surface area (Å²) in [6.07, 6.45) is 0.651. The Bertz CT molecular complexity index is 777. The quantitative estimate of drug-likeness (QED) is 0.781. The third kappa shape index (κ3) is 4.10. The summed E-state index contributed by atoms with van der Waals surface area (Å²) >= 11 is 3.44. The third-order valence-corrected chi connectivity index (χ3v) is 4.76. The smallest absolute Gasteiger partial charge is 0.317 e. The molecule has 1 unspecified atom stereocenters. The van der Waals surface area contributed by atoms with E-state index in [2.05, 4.69) is 25.9 Å². The van der Waals surface area contributed by atoms with E-state index in [1.54, 1.807) is 18.1 Å². The van der Waals surface area contributed by atoms with Gasteiger partial charge in [0.2, 0.25) is 0 Å². The second-order valence-corrected chi connectivity index (χ2v) is 6.91. The highest BCUT2D eigenvalue weighted by atomic mass is 79.9. The van der Waals surface area contributed by atoms with Gasteiger partial charge in [0.05, 0.1) is 19.2 Å². The fraction of sp³-hybridized carbons (Fsp3) is 0.389. The molecule has 1 aliphatic heterocycles. The number of amides is 1. The number of benzene rings is 1. The summed E-state index contributed by atoms with van der Waals surface area (Å²) in [6.45, 7) is 4.97. The van der Waals surface area contributed by atoms with Gasteiger partial charge in [0, 0.05) is 28.8 Å². The third-order valence-electron chi connectivity index (χ3n) is 4.07. The normalized spacial score (nSPS) is 16.8. The van der Waals surface area contributed by atoms with Gasteiger partial charge in [0.25, 0.3) is 5.91 Å². The standard InChI is InChI=1S/C18H20BrN3O3/c1-11-8-12(2)21-18(20-11)25-14-6-7-22(10-14)17(23)15-9-13(24-3)4-5-16(15)19/h4-5,8-9,14H,6-7,10H2,1-3H3. The molecule has 1 fully saturated rings. The number of ether oxygens (including phenoxy) is 2. The first-order valence-corrected chi connectivity index (χ1v) is 8.87. The van der Waals surface area contributed by atoms with E-state index in [9.17, 15) is 4.79 Å². The highest BCUT2D eigenvalue weighted by Gasteiger charge is 2.30. The zero-order chi connectivity index (χ0) is 18.0. The maximum absolute atomic E-state index is 12.8. The molecule has 1 aromatic heterocycles. The van der Waals surface area contributed by atoms with Crippen LogP contribution in [0.2, 0.25) is 0 Å². The lowest BCUT2D eigenvalue weighted by atomic mass is 10.2. The first-order chi connectivity index (χ1) is 12.0. The maximum Gasteiger partial charge on any atom is 0.317 e. The summed E-state index contributed by atoms with van der Waals surface area (Å²) < 4.78 is 11.8. The zero-order valence-corrected chi connectivity index (χ0v) is 16.0. The molecule has 1 saturated heterocycles. The molecule has 2 heterocycles. The van der Waals surface area contributed by atoms with Crippen LogP contribution in [0.3, 0.4) is 0 Å². The molecular formula is C18H20BrN3O3. The zero-order valence-electron chi connectivity index (χ0n) is 14.5. The van der Waals surface area contributed by atoms with Crippen LogP contribution in [-0.4, -0.2) is 47.1 Å². The molecule has 1 atom stereocenters. The molecule has 0 N–H and O–H groups in total. The Morgan fingerprint density at radius 3 is 2.64 bits per heavy atom. The molecule has 6 nitrogen and oxygen atoms in total. The molecule has 1 aliphatic rings. The Kier molecular flexibility index (Phi) is 5.22. The van der Waals surface area contributed by atoms with Gasteiger partial charge in [-0.15, -0.1) is 0 Å². The number of aromatic nitrogens is 2. The summed E-state index contributed by atoms with van der Waals surface area (Å²) in [5.41, 5.74) is 2.32. The van der Waals surface area contributed by atoms with Crippen molar-refractivity contribution in [3.05, 3.63) is 45.7 Å². The SMILES string of the molecule is COc1ccc(Br)c(C(=O)N2CCC(Oc3nc(C)cc(C)n3)C2)c1. The first-order valence-electron chi connectivity index (χ1n) is 8.08. The average molecular weight is 406 g/mol. The van der Waals surface area contributed by atoms with Crippen LogP contribution in [0.25, 0.3) is 0 Å². The van der Waals surface area contributed by atoms with Gasteiger partial charge in [-0.1, -0.05) is 0 Å². The van der Waals surface area contributed by atoms with Crippen molar-refractivity contribution in [3.8, 4) is 11.8 Å². The monoisotopic (exact) mass is 405 g/mol. The van der Waals surface area contributed by atoms with Crippen molar-refractivity contribution in [1.29, 1.82) is 0 Å². The molecule has 0 aliphatic carbocycles. The Labute approximate surface area is 155 Å². The van der Waals surface area contributed by atoms with Gasteiger partial charge >= 0.3 is 6.01 Å². The van der Waals surface area contributed by atoms with E-state index in [0.717, 1.165) is 22.3 Å². The van der Waals surface area contributed by atoms with Crippen LogP contribution < -0.4 is 9.47 Å². The summed E-state index contributed by atoms with van der Waals surface area (Å²) in [4.78, 5) is 23.2. The molecule has 0 spiro atoms. The van der Waals surface area contributed by atoms with Gasteiger partial charge in [-0.25, -0.2) is 9.97 Å². The number of carbonyl (C=O) groups excluding carboxylic acids is 1. The summed E-state index contributed by atoms with van der Waals surface area (Å²) in [7, 11) is 1.58. The number of halogens is 1. The minimum Gasteiger partial charge on any atom is -0.497 e. The van der Waals surface area contributed by atoms with Crippen LogP contribution in [0.1, 0.15) is 28.2 Å². The van der Waals surface area contributed by atoms with Gasteiger partial charge in [-0.2, -0.15) is 0 Å². The highest BCUT2D eigenvalue weighted by molar-refractivity contribution is 9.10. The largest absolute Gasteiger partial charge is 0.497 e. The second kappa shape index (κ2) is 7.39. The molecule has 0 radical (unpaired) electrons. The molecule has 0 saturated carbocycles. The van der Waals surface area contributed by atoms with Crippen LogP contribution in [0.15, 0.2) is 28.7 Å². The van der Waals surface area contributed by atoms with E-state index < -0.39 is 0 Å². The van der Waals surface area contributed by atoms with Crippen LogP contribution in [0.5, 0.6) is 11.8 Å². The van der Waals surface area contributed by atoms with Gasteiger partial charge < -0.3 is 14.4 Å². The maximum atomic E-state index is 12.8. The molecule has 7 heteroatoms.